The summed E-state index contributed by atoms with van der Waals surface area (Å²) in [5.74, 6) is 1.26. The van der Waals surface area contributed by atoms with E-state index in [1.165, 1.54) is 12.4 Å². The molecule has 0 saturated carbocycles. The van der Waals surface area contributed by atoms with Gasteiger partial charge in [-0.2, -0.15) is 0 Å². The molecule has 0 unspecified atom stereocenters. The van der Waals surface area contributed by atoms with Gasteiger partial charge in [-0.05, 0) is 25.0 Å². The number of amides is 1. The van der Waals surface area contributed by atoms with E-state index in [1.807, 2.05) is 23.2 Å². The SMILES string of the molecule is C=CC(=O)N1CCC[C@@H](Nc2ncnc3[nH]cc(-c4ccc(OI)nc4)c23)C1. The highest BCUT2D eigenvalue weighted by Gasteiger charge is 2.23. The van der Waals surface area contributed by atoms with Gasteiger partial charge in [0.15, 0.2) is 23.0 Å². The van der Waals surface area contributed by atoms with Crippen molar-refractivity contribution in [3.05, 3.63) is 43.5 Å². The molecule has 1 aliphatic rings. The van der Waals surface area contributed by atoms with Gasteiger partial charge in [0.05, 0.1) is 5.39 Å². The quantitative estimate of drug-likeness (QED) is 0.421. The van der Waals surface area contributed by atoms with Crippen molar-refractivity contribution in [3.8, 4) is 17.0 Å². The van der Waals surface area contributed by atoms with Crippen LogP contribution in [0.25, 0.3) is 22.2 Å². The second-order valence-electron chi connectivity index (χ2n) is 6.58. The standard InChI is InChI=1S/C19H19IN6O2/c1-2-16(27)26-7-3-4-13(10-26)25-19-17-14(9-22-18(17)23-11-24-19)12-5-6-15(28-20)21-8-12/h2,5-6,8-9,11,13H,1,3-4,7,10H2,(H2,22,23,24,25)/t13-/m1/s1. The molecule has 0 aromatic carbocycles. The molecule has 9 heteroatoms. The number of piperidine rings is 1. The number of aromatic amines is 1. The molecule has 1 amide bonds. The second-order valence-corrected chi connectivity index (χ2v) is 7.02. The molecule has 1 saturated heterocycles. The van der Waals surface area contributed by atoms with Gasteiger partial charge in [0.25, 0.3) is 0 Å². The number of halogens is 1. The van der Waals surface area contributed by atoms with Gasteiger partial charge in [0, 0.05) is 48.7 Å². The van der Waals surface area contributed by atoms with Crippen molar-refractivity contribution in [2.24, 2.45) is 0 Å². The number of rotatable bonds is 5. The summed E-state index contributed by atoms with van der Waals surface area (Å²) in [6.07, 6.45) is 8.47. The van der Waals surface area contributed by atoms with E-state index < -0.39 is 0 Å². The molecule has 4 heterocycles. The van der Waals surface area contributed by atoms with Crippen LogP contribution in [0, 0.1) is 0 Å². The molecule has 0 radical (unpaired) electrons. The molecule has 4 rings (SSSR count). The molecular formula is C19H19IN6O2. The normalized spacial score (nSPS) is 16.8. The van der Waals surface area contributed by atoms with Crippen molar-refractivity contribution in [1.82, 2.24) is 24.8 Å². The molecule has 1 fully saturated rings. The molecule has 144 valence electrons. The number of nitrogens with zero attached hydrogens (tertiary/aromatic N) is 4. The predicted molar refractivity (Wildman–Crippen MR) is 115 cm³/mol. The summed E-state index contributed by atoms with van der Waals surface area (Å²) in [4.78, 5) is 30.1. The van der Waals surface area contributed by atoms with E-state index in [-0.39, 0.29) is 11.9 Å². The van der Waals surface area contributed by atoms with Gasteiger partial charge >= 0.3 is 0 Å². The third kappa shape index (κ3) is 3.66. The van der Waals surface area contributed by atoms with Crippen molar-refractivity contribution in [1.29, 1.82) is 0 Å². The molecule has 0 bridgehead atoms. The fourth-order valence-electron chi connectivity index (χ4n) is 3.50. The zero-order chi connectivity index (χ0) is 19.5. The number of hydrogen-bond donors (Lipinski definition) is 2. The lowest BCUT2D eigenvalue weighted by Gasteiger charge is -2.32. The van der Waals surface area contributed by atoms with Crippen LogP contribution in [0.1, 0.15) is 12.8 Å². The predicted octanol–water partition coefficient (Wildman–Crippen LogP) is 3.34. The van der Waals surface area contributed by atoms with Crippen LogP contribution >= 0.6 is 23.0 Å². The van der Waals surface area contributed by atoms with Gasteiger partial charge in [0.2, 0.25) is 11.8 Å². The number of carbonyl (C=O) groups is 1. The fraction of sp³-hybridized carbons (Fsp3) is 0.263. The summed E-state index contributed by atoms with van der Waals surface area (Å²) >= 11 is 1.80. The van der Waals surface area contributed by atoms with E-state index in [4.69, 9.17) is 3.07 Å². The molecule has 28 heavy (non-hydrogen) atoms. The zero-order valence-electron chi connectivity index (χ0n) is 15.1. The smallest absolute Gasteiger partial charge is 0.246 e. The highest BCUT2D eigenvalue weighted by Crippen LogP contribution is 2.33. The first-order valence-electron chi connectivity index (χ1n) is 8.94. The van der Waals surface area contributed by atoms with E-state index in [0.29, 0.717) is 12.4 Å². The van der Waals surface area contributed by atoms with E-state index in [2.05, 4.69) is 31.8 Å². The number of anilines is 1. The molecule has 3 aromatic heterocycles. The van der Waals surface area contributed by atoms with Crippen molar-refractivity contribution < 1.29 is 7.86 Å². The van der Waals surface area contributed by atoms with Crippen LogP contribution < -0.4 is 8.38 Å². The Morgan fingerprint density at radius 3 is 3.04 bits per heavy atom. The Kier molecular flexibility index (Phi) is 5.42. The van der Waals surface area contributed by atoms with Crippen LogP contribution in [0.3, 0.4) is 0 Å². The highest BCUT2D eigenvalue weighted by atomic mass is 127. The first-order chi connectivity index (χ1) is 13.7. The van der Waals surface area contributed by atoms with Crippen LogP contribution in [-0.2, 0) is 4.79 Å². The number of fused-ring (bicyclic) bond motifs is 1. The van der Waals surface area contributed by atoms with Crippen molar-refractivity contribution in [2.45, 2.75) is 18.9 Å². The maximum Gasteiger partial charge on any atom is 0.246 e. The summed E-state index contributed by atoms with van der Waals surface area (Å²) in [6.45, 7) is 4.97. The highest BCUT2D eigenvalue weighted by molar-refractivity contribution is 14.1. The topological polar surface area (TPSA) is 96.0 Å². The minimum absolute atomic E-state index is 0.0367. The number of aromatic nitrogens is 4. The lowest BCUT2D eigenvalue weighted by atomic mass is 10.0. The number of carbonyl (C=O) groups excluding carboxylic acids is 1. The largest absolute Gasteiger partial charge is 0.408 e. The summed E-state index contributed by atoms with van der Waals surface area (Å²) in [6, 6.07) is 3.88. The average molecular weight is 490 g/mol. The number of pyridine rings is 1. The number of H-pyrrole nitrogens is 1. The Labute approximate surface area is 176 Å². The molecule has 1 aliphatic heterocycles. The number of hydrogen-bond acceptors (Lipinski definition) is 6. The first-order valence-corrected chi connectivity index (χ1v) is 9.82. The minimum Gasteiger partial charge on any atom is -0.408 e. The molecular weight excluding hydrogens is 471 g/mol. The fourth-order valence-corrected chi connectivity index (χ4v) is 3.76. The summed E-state index contributed by atoms with van der Waals surface area (Å²) < 4.78 is 5.11. The lowest BCUT2D eigenvalue weighted by Crippen LogP contribution is -2.44. The van der Waals surface area contributed by atoms with Crippen molar-refractivity contribution in [2.75, 3.05) is 18.4 Å². The van der Waals surface area contributed by atoms with Crippen LogP contribution in [0.4, 0.5) is 5.82 Å². The Hall–Kier alpha value is -2.69. The van der Waals surface area contributed by atoms with Gasteiger partial charge in [-0.25, -0.2) is 15.0 Å². The third-order valence-corrected chi connectivity index (χ3v) is 5.30. The molecule has 8 nitrogen and oxygen atoms in total. The third-order valence-electron chi connectivity index (χ3n) is 4.84. The Balaban J connectivity index is 1.65. The zero-order valence-corrected chi connectivity index (χ0v) is 17.2. The van der Waals surface area contributed by atoms with E-state index in [9.17, 15) is 4.79 Å². The Morgan fingerprint density at radius 1 is 1.39 bits per heavy atom. The monoisotopic (exact) mass is 490 g/mol. The first kappa shape index (κ1) is 18.7. The van der Waals surface area contributed by atoms with Gasteiger partial charge in [0.1, 0.15) is 17.8 Å². The Morgan fingerprint density at radius 2 is 2.29 bits per heavy atom. The Bertz CT molecular complexity index is 1000. The summed E-state index contributed by atoms with van der Waals surface area (Å²) in [5, 5.41) is 4.41. The molecule has 2 N–H and O–H groups in total. The van der Waals surface area contributed by atoms with Gasteiger partial charge in [-0.3, -0.25) is 4.79 Å². The van der Waals surface area contributed by atoms with E-state index >= 15 is 0 Å². The second kappa shape index (κ2) is 8.13. The number of likely N-dealkylation sites (tertiary alicyclic amines) is 1. The maximum atomic E-state index is 12.0. The molecule has 1 atom stereocenters. The van der Waals surface area contributed by atoms with E-state index in [1.54, 1.807) is 29.2 Å². The van der Waals surface area contributed by atoms with Crippen LogP contribution in [-0.4, -0.2) is 49.9 Å². The maximum absolute atomic E-state index is 12.0. The van der Waals surface area contributed by atoms with Crippen LogP contribution in [0.5, 0.6) is 5.88 Å². The average Bonchev–Trinajstić information content (AvgIpc) is 3.18. The van der Waals surface area contributed by atoms with Gasteiger partial charge in [-0.15, -0.1) is 0 Å². The lowest BCUT2D eigenvalue weighted by molar-refractivity contribution is -0.127. The minimum atomic E-state index is -0.0367. The molecule has 3 aromatic rings. The van der Waals surface area contributed by atoms with Crippen LogP contribution in [0.2, 0.25) is 0 Å². The molecule has 0 aliphatic carbocycles. The number of nitrogens with one attached hydrogen (secondary N) is 2. The van der Waals surface area contributed by atoms with E-state index in [0.717, 1.165) is 47.4 Å². The van der Waals surface area contributed by atoms with Crippen LogP contribution in [0.15, 0.2) is 43.5 Å². The van der Waals surface area contributed by atoms with Gasteiger partial charge < -0.3 is 18.3 Å². The van der Waals surface area contributed by atoms with Crippen molar-refractivity contribution >= 4 is 45.8 Å². The van der Waals surface area contributed by atoms with Gasteiger partial charge in [-0.1, -0.05) is 6.58 Å². The molecule has 0 spiro atoms. The summed E-state index contributed by atoms with van der Waals surface area (Å²) in [7, 11) is 0. The summed E-state index contributed by atoms with van der Waals surface area (Å²) in [5.41, 5.74) is 2.64. The van der Waals surface area contributed by atoms with Crippen molar-refractivity contribution in [3.63, 3.8) is 0 Å².